The molecule has 70 valence electrons. The predicted molar refractivity (Wildman–Crippen MR) is 51.5 cm³/mol. The second-order valence-electron chi connectivity index (χ2n) is 2.91. The van der Waals surface area contributed by atoms with E-state index < -0.39 is 5.97 Å². The highest BCUT2D eigenvalue weighted by Crippen LogP contribution is 2.15. The molecule has 0 aliphatic carbocycles. The standard InChI is InChI=1S/C10H7NO3/c12-9-4-8-6(5-11-9)2-1-3-7(8)10(13)14/h1-5H,(H,11,12)(H,13,14). The molecule has 0 saturated heterocycles. The van der Waals surface area contributed by atoms with Crippen LogP contribution < -0.4 is 5.56 Å². The van der Waals surface area contributed by atoms with E-state index in [1.54, 1.807) is 12.1 Å². The number of carboxylic acids is 1. The van der Waals surface area contributed by atoms with Crippen molar-refractivity contribution in [1.29, 1.82) is 0 Å². The summed E-state index contributed by atoms with van der Waals surface area (Å²) in [6.07, 6.45) is 1.50. The van der Waals surface area contributed by atoms with Crippen LogP contribution in [0.1, 0.15) is 10.4 Å². The number of fused-ring (bicyclic) bond motifs is 1. The summed E-state index contributed by atoms with van der Waals surface area (Å²) in [4.78, 5) is 24.3. The van der Waals surface area contributed by atoms with Gasteiger partial charge < -0.3 is 10.1 Å². The van der Waals surface area contributed by atoms with Crippen molar-refractivity contribution < 1.29 is 9.90 Å². The molecule has 0 bridgehead atoms. The number of H-pyrrole nitrogens is 1. The minimum Gasteiger partial charge on any atom is -0.478 e. The van der Waals surface area contributed by atoms with Crippen molar-refractivity contribution in [3.05, 3.63) is 46.4 Å². The van der Waals surface area contributed by atoms with E-state index in [0.29, 0.717) is 10.8 Å². The smallest absolute Gasteiger partial charge is 0.336 e. The van der Waals surface area contributed by atoms with E-state index in [1.165, 1.54) is 18.3 Å². The molecule has 0 saturated carbocycles. The Kier molecular flexibility index (Phi) is 1.81. The number of aromatic carboxylic acids is 1. The quantitative estimate of drug-likeness (QED) is 0.708. The van der Waals surface area contributed by atoms with E-state index in [4.69, 9.17) is 5.11 Å². The van der Waals surface area contributed by atoms with Crippen LogP contribution in [-0.4, -0.2) is 16.1 Å². The Morgan fingerprint density at radius 1 is 1.36 bits per heavy atom. The van der Waals surface area contributed by atoms with Crippen molar-refractivity contribution in [2.45, 2.75) is 0 Å². The fraction of sp³-hybridized carbons (Fsp3) is 0. The molecule has 0 aliphatic rings. The van der Waals surface area contributed by atoms with E-state index in [1.807, 2.05) is 0 Å². The average Bonchev–Trinajstić information content (AvgIpc) is 2.16. The van der Waals surface area contributed by atoms with Gasteiger partial charge in [-0.1, -0.05) is 12.1 Å². The van der Waals surface area contributed by atoms with Gasteiger partial charge in [-0.05, 0) is 11.5 Å². The number of pyridine rings is 1. The Morgan fingerprint density at radius 2 is 2.14 bits per heavy atom. The van der Waals surface area contributed by atoms with Crippen molar-refractivity contribution in [1.82, 2.24) is 4.98 Å². The summed E-state index contributed by atoms with van der Waals surface area (Å²) in [5.74, 6) is -1.03. The number of aromatic amines is 1. The second-order valence-corrected chi connectivity index (χ2v) is 2.91. The molecule has 4 heteroatoms. The Balaban J connectivity index is 2.91. The molecule has 1 aromatic heterocycles. The maximum Gasteiger partial charge on any atom is 0.336 e. The number of carboxylic acid groups (broad SMARTS) is 1. The SMILES string of the molecule is O=C(O)c1cccc2c[nH]c(=O)cc12. The van der Waals surface area contributed by atoms with Crippen LogP contribution in [-0.2, 0) is 0 Å². The molecule has 0 radical (unpaired) electrons. The van der Waals surface area contributed by atoms with Crippen LogP contribution in [0.4, 0.5) is 0 Å². The van der Waals surface area contributed by atoms with Crippen molar-refractivity contribution in [2.75, 3.05) is 0 Å². The van der Waals surface area contributed by atoms with Gasteiger partial charge >= 0.3 is 5.97 Å². The first-order valence-electron chi connectivity index (χ1n) is 4.03. The van der Waals surface area contributed by atoms with Crippen molar-refractivity contribution in [2.24, 2.45) is 0 Å². The Hall–Kier alpha value is -2.10. The normalized spacial score (nSPS) is 10.3. The van der Waals surface area contributed by atoms with Crippen LogP contribution in [0.2, 0.25) is 0 Å². The summed E-state index contributed by atoms with van der Waals surface area (Å²) in [6.45, 7) is 0. The summed E-state index contributed by atoms with van der Waals surface area (Å²) in [5, 5.41) is 10.0. The van der Waals surface area contributed by atoms with Gasteiger partial charge in [0.2, 0.25) is 5.56 Å². The number of aromatic nitrogens is 1. The van der Waals surface area contributed by atoms with E-state index in [2.05, 4.69) is 4.98 Å². The van der Waals surface area contributed by atoms with E-state index >= 15 is 0 Å². The lowest BCUT2D eigenvalue weighted by Crippen LogP contribution is -2.05. The molecule has 2 aromatic rings. The van der Waals surface area contributed by atoms with Gasteiger partial charge in [-0.25, -0.2) is 4.79 Å². The number of carbonyl (C=O) groups is 1. The highest BCUT2D eigenvalue weighted by Gasteiger charge is 2.07. The van der Waals surface area contributed by atoms with E-state index in [9.17, 15) is 9.59 Å². The summed E-state index contributed by atoms with van der Waals surface area (Å²) >= 11 is 0. The van der Waals surface area contributed by atoms with Crippen LogP contribution in [0, 0.1) is 0 Å². The minimum absolute atomic E-state index is 0.147. The zero-order valence-electron chi connectivity index (χ0n) is 7.15. The third-order valence-corrected chi connectivity index (χ3v) is 2.02. The Labute approximate surface area is 78.8 Å². The molecule has 4 nitrogen and oxygen atoms in total. The summed E-state index contributed by atoms with van der Waals surface area (Å²) in [5.41, 5.74) is -0.153. The molecular weight excluding hydrogens is 182 g/mol. The highest BCUT2D eigenvalue weighted by atomic mass is 16.4. The number of benzene rings is 1. The molecule has 0 amide bonds. The molecule has 0 spiro atoms. The molecule has 2 rings (SSSR count). The summed E-state index contributed by atoms with van der Waals surface area (Å²) < 4.78 is 0. The molecule has 0 fully saturated rings. The van der Waals surface area contributed by atoms with Crippen molar-refractivity contribution in [3.8, 4) is 0 Å². The van der Waals surface area contributed by atoms with Gasteiger partial charge in [-0.15, -0.1) is 0 Å². The number of hydrogen-bond acceptors (Lipinski definition) is 2. The lowest BCUT2D eigenvalue weighted by atomic mass is 10.1. The average molecular weight is 189 g/mol. The first-order chi connectivity index (χ1) is 6.68. The van der Waals surface area contributed by atoms with Crippen LogP contribution >= 0.6 is 0 Å². The lowest BCUT2D eigenvalue weighted by Gasteiger charge is -2.00. The second kappa shape index (κ2) is 2.99. The van der Waals surface area contributed by atoms with E-state index in [0.717, 1.165) is 0 Å². The molecule has 1 aromatic carbocycles. The molecular formula is C10H7NO3. The number of rotatable bonds is 1. The molecule has 0 atom stereocenters. The fourth-order valence-electron chi connectivity index (χ4n) is 1.38. The van der Waals surface area contributed by atoms with Gasteiger partial charge in [-0.2, -0.15) is 0 Å². The van der Waals surface area contributed by atoms with Crippen LogP contribution in [0.3, 0.4) is 0 Å². The zero-order valence-corrected chi connectivity index (χ0v) is 7.15. The fourth-order valence-corrected chi connectivity index (χ4v) is 1.38. The molecule has 0 unspecified atom stereocenters. The van der Waals surface area contributed by atoms with Crippen molar-refractivity contribution >= 4 is 16.7 Å². The van der Waals surface area contributed by atoms with Crippen LogP contribution in [0.25, 0.3) is 10.8 Å². The zero-order chi connectivity index (χ0) is 10.1. The Morgan fingerprint density at radius 3 is 2.86 bits per heavy atom. The molecule has 2 N–H and O–H groups in total. The lowest BCUT2D eigenvalue weighted by molar-refractivity contribution is 0.0699. The monoisotopic (exact) mass is 189 g/mol. The van der Waals surface area contributed by atoms with Gasteiger partial charge in [0.05, 0.1) is 5.56 Å². The van der Waals surface area contributed by atoms with Crippen molar-refractivity contribution in [3.63, 3.8) is 0 Å². The maximum absolute atomic E-state index is 11.0. The van der Waals surface area contributed by atoms with Gasteiger partial charge in [0.25, 0.3) is 0 Å². The molecule has 0 aliphatic heterocycles. The third-order valence-electron chi connectivity index (χ3n) is 2.02. The third kappa shape index (κ3) is 1.26. The minimum atomic E-state index is -1.03. The predicted octanol–water partition coefficient (Wildman–Crippen LogP) is 1.23. The topological polar surface area (TPSA) is 70.2 Å². The number of hydrogen-bond donors (Lipinski definition) is 2. The molecule has 1 heterocycles. The van der Waals surface area contributed by atoms with Gasteiger partial charge in [0.15, 0.2) is 0 Å². The number of nitrogens with one attached hydrogen (secondary N) is 1. The first kappa shape index (κ1) is 8.50. The van der Waals surface area contributed by atoms with Gasteiger partial charge in [0, 0.05) is 17.6 Å². The largest absolute Gasteiger partial charge is 0.478 e. The van der Waals surface area contributed by atoms with E-state index in [-0.39, 0.29) is 11.1 Å². The van der Waals surface area contributed by atoms with Gasteiger partial charge in [0.1, 0.15) is 0 Å². The van der Waals surface area contributed by atoms with Crippen LogP contribution in [0.15, 0.2) is 35.3 Å². The van der Waals surface area contributed by atoms with Gasteiger partial charge in [-0.3, -0.25) is 4.79 Å². The first-order valence-corrected chi connectivity index (χ1v) is 4.03. The van der Waals surface area contributed by atoms with Crippen LogP contribution in [0.5, 0.6) is 0 Å². The molecule has 14 heavy (non-hydrogen) atoms. The Bertz CT molecular complexity index is 557. The summed E-state index contributed by atoms with van der Waals surface area (Å²) in [6, 6.07) is 6.16. The highest BCUT2D eigenvalue weighted by molar-refractivity contribution is 6.03. The summed E-state index contributed by atoms with van der Waals surface area (Å²) in [7, 11) is 0. The maximum atomic E-state index is 11.0.